The average Bonchev–Trinajstić information content (AvgIpc) is 2.22. The van der Waals surface area contributed by atoms with Crippen LogP contribution in [0.25, 0.3) is 0 Å². The van der Waals surface area contributed by atoms with E-state index in [0.717, 1.165) is 0 Å². The van der Waals surface area contributed by atoms with Crippen LogP contribution in [0.15, 0.2) is 0 Å². The first-order chi connectivity index (χ1) is 7.56. The molecule has 0 saturated heterocycles. The predicted octanol–water partition coefficient (Wildman–Crippen LogP) is 0.218. The summed E-state index contributed by atoms with van der Waals surface area (Å²) in [5, 5.41) is 4.87. The van der Waals surface area contributed by atoms with Gasteiger partial charge >= 0.3 is 12.0 Å². The van der Waals surface area contributed by atoms with E-state index in [-0.39, 0.29) is 12.3 Å². The van der Waals surface area contributed by atoms with Gasteiger partial charge in [-0.25, -0.2) is 4.79 Å². The molecule has 2 N–H and O–H groups in total. The van der Waals surface area contributed by atoms with Gasteiger partial charge in [0.25, 0.3) is 0 Å². The highest BCUT2D eigenvalue weighted by molar-refractivity contribution is 5.80. The molecule has 6 heteroatoms. The van der Waals surface area contributed by atoms with Crippen molar-refractivity contribution in [3.63, 3.8) is 0 Å². The molecule has 0 spiro atoms. The van der Waals surface area contributed by atoms with Gasteiger partial charge < -0.3 is 20.2 Å². The Bertz CT molecular complexity index is 253. The third kappa shape index (κ3) is 8.98. The molecule has 92 valence electrons. The molecule has 0 aliphatic rings. The highest BCUT2D eigenvalue weighted by Gasteiger charge is 2.04. The van der Waals surface area contributed by atoms with Crippen molar-refractivity contribution < 1.29 is 19.1 Å². The summed E-state index contributed by atoms with van der Waals surface area (Å²) in [4.78, 5) is 32.5. The molecule has 0 saturated carbocycles. The van der Waals surface area contributed by atoms with Gasteiger partial charge in [-0.05, 0) is 20.3 Å². The molecule has 0 atom stereocenters. The van der Waals surface area contributed by atoms with E-state index in [1.54, 1.807) is 6.92 Å². The minimum atomic E-state index is -0.471. The quantitative estimate of drug-likeness (QED) is 0.484. The lowest BCUT2D eigenvalue weighted by molar-refractivity contribution is -0.141. The molecule has 2 amide bonds. The first-order valence-electron chi connectivity index (χ1n) is 5.23. The Kier molecular flexibility index (Phi) is 7.83. The van der Waals surface area contributed by atoms with Crippen molar-refractivity contribution in [3.8, 4) is 0 Å². The van der Waals surface area contributed by atoms with Gasteiger partial charge in [-0.2, -0.15) is 0 Å². The number of Topliss-reactive ketones (excluding diaryl/α,β-unsaturated/α-hetero) is 1. The molecule has 0 aliphatic heterocycles. The molecule has 0 aromatic heterocycles. The van der Waals surface area contributed by atoms with Crippen LogP contribution in [0, 0.1) is 0 Å². The van der Waals surface area contributed by atoms with E-state index < -0.39 is 12.0 Å². The number of amides is 2. The molecule has 0 heterocycles. The highest BCUT2D eigenvalue weighted by atomic mass is 16.5. The molecule has 0 aromatic rings. The van der Waals surface area contributed by atoms with Gasteiger partial charge in [-0.3, -0.25) is 4.79 Å². The summed E-state index contributed by atoms with van der Waals surface area (Å²) in [6.45, 7) is 3.75. The summed E-state index contributed by atoms with van der Waals surface area (Å²) in [5.41, 5.74) is 0. The van der Waals surface area contributed by atoms with E-state index >= 15 is 0 Å². The SMILES string of the molecule is CCOC(=O)CNC(=O)NCCCC(C)=O. The largest absolute Gasteiger partial charge is 0.465 e. The summed E-state index contributed by atoms with van der Waals surface area (Å²) in [6.07, 6.45) is 1.04. The Labute approximate surface area is 94.7 Å². The Morgan fingerprint density at radius 3 is 2.44 bits per heavy atom. The number of rotatable bonds is 7. The van der Waals surface area contributed by atoms with Gasteiger partial charge in [0.1, 0.15) is 12.3 Å². The number of carbonyl (C=O) groups is 3. The summed E-state index contributed by atoms with van der Waals surface area (Å²) < 4.78 is 4.62. The number of ether oxygens (including phenoxy) is 1. The number of hydrogen-bond donors (Lipinski definition) is 2. The lowest BCUT2D eigenvalue weighted by atomic mass is 10.2. The zero-order chi connectivity index (χ0) is 12.4. The van der Waals surface area contributed by atoms with Crippen LogP contribution >= 0.6 is 0 Å². The van der Waals surface area contributed by atoms with Gasteiger partial charge in [-0.1, -0.05) is 0 Å². The average molecular weight is 230 g/mol. The van der Waals surface area contributed by atoms with Gasteiger partial charge in [0, 0.05) is 13.0 Å². The standard InChI is InChI=1S/C10H18N2O4/c1-3-16-9(14)7-12-10(15)11-6-4-5-8(2)13/h3-7H2,1-2H3,(H2,11,12,15). The summed E-state index contributed by atoms with van der Waals surface area (Å²) in [5.74, 6) is -0.380. The summed E-state index contributed by atoms with van der Waals surface area (Å²) in [7, 11) is 0. The Morgan fingerprint density at radius 2 is 1.88 bits per heavy atom. The molecule has 0 rings (SSSR count). The second kappa shape index (κ2) is 8.70. The fourth-order valence-corrected chi connectivity index (χ4v) is 0.966. The van der Waals surface area contributed by atoms with Crippen molar-refractivity contribution in [2.75, 3.05) is 19.7 Å². The van der Waals surface area contributed by atoms with Crippen molar-refractivity contribution in [2.45, 2.75) is 26.7 Å². The van der Waals surface area contributed by atoms with Crippen LogP contribution in [-0.4, -0.2) is 37.5 Å². The van der Waals surface area contributed by atoms with E-state index in [1.165, 1.54) is 6.92 Å². The maximum absolute atomic E-state index is 11.1. The van der Waals surface area contributed by atoms with Crippen LogP contribution in [0.5, 0.6) is 0 Å². The Balaban J connectivity index is 3.44. The zero-order valence-corrected chi connectivity index (χ0v) is 9.67. The minimum absolute atomic E-state index is 0.0914. The molecule has 0 aromatic carbocycles. The molecule has 0 bridgehead atoms. The number of urea groups is 1. The van der Waals surface area contributed by atoms with Crippen LogP contribution in [0.1, 0.15) is 26.7 Å². The fraction of sp³-hybridized carbons (Fsp3) is 0.700. The molecule has 0 unspecified atom stereocenters. The van der Waals surface area contributed by atoms with Crippen LogP contribution in [0.4, 0.5) is 4.79 Å². The Morgan fingerprint density at radius 1 is 1.19 bits per heavy atom. The molecule has 0 aliphatic carbocycles. The lowest BCUT2D eigenvalue weighted by Crippen LogP contribution is -2.39. The molecular weight excluding hydrogens is 212 g/mol. The van der Waals surface area contributed by atoms with Crippen molar-refractivity contribution in [2.24, 2.45) is 0 Å². The molecular formula is C10H18N2O4. The minimum Gasteiger partial charge on any atom is -0.465 e. The highest BCUT2D eigenvalue weighted by Crippen LogP contribution is 1.87. The van der Waals surface area contributed by atoms with E-state index in [1.807, 2.05) is 0 Å². The number of hydrogen-bond acceptors (Lipinski definition) is 4. The van der Waals surface area contributed by atoms with Gasteiger partial charge in [0.15, 0.2) is 0 Å². The first-order valence-corrected chi connectivity index (χ1v) is 5.23. The Hall–Kier alpha value is -1.59. The normalized spacial score (nSPS) is 9.38. The number of ketones is 1. The number of nitrogens with one attached hydrogen (secondary N) is 2. The van der Waals surface area contributed by atoms with Crippen LogP contribution in [0.2, 0.25) is 0 Å². The van der Waals surface area contributed by atoms with Gasteiger partial charge in [0.05, 0.1) is 6.61 Å². The summed E-state index contributed by atoms with van der Waals surface area (Å²) in [6, 6.07) is -0.434. The lowest BCUT2D eigenvalue weighted by Gasteiger charge is -2.06. The molecule has 0 fully saturated rings. The predicted molar refractivity (Wildman–Crippen MR) is 57.9 cm³/mol. The molecule has 16 heavy (non-hydrogen) atoms. The second-order valence-electron chi connectivity index (χ2n) is 3.22. The van der Waals surface area contributed by atoms with Crippen LogP contribution in [-0.2, 0) is 14.3 Å². The van der Waals surface area contributed by atoms with E-state index in [4.69, 9.17) is 0 Å². The second-order valence-corrected chi connectivity index (χ2v) is 3.22. The van der Waals surface area contributed by atoms with Gasteiger partial charge in [-0.15, -0.1) is 0 Å². The van der Waals surface area contributed by atoms with Crippen molar-refractivity contribution in [1.82, 2.24) is 10.6 Å². The van der Waals surface area contributed by atoms with Crippen LogP contribution < -0.4 is 10.6 Å². The fourth-order valence-electron chi connectivity index (χ4n) is 0.966. The van der Waals surface area contributed by atoms with Gasteiger partial charge in [0.2, 0.25) is 0 Å². The first kappa shape index (κ1) is 14.4. The third-order valence-corrected chi connectivity index (χ3v) is 1.69. The van der Waals surface area contributed by atoms with E-state index in [0.29, 0.717) is 26.0 Å². The van der Waals surface area contributed by atoms with Crippen molar-refractivity contribution in [1.29, 1.82) is 0 Å². The van der Waals surface area contributed by atoms with Crippen molar-refractivity contribution >= 4 is 17.8 Å². The zero-order valence-electron chi connectivity index (χ0n) is 9.67. The van der Waals surface area contributed by atoms with Crippen molar-refractivity contribution in [3.05, 3.63) is 0 Å². The smallest absolute Gasteiger partial charge is 0.325 e. The topological polar surface area (TPSA) is 84.5 Å². The monoisotopic (exact) mass is 230 g/mol. The maximum Gasteiger partial charge on any atom is 0.325 e. The third-order valence-electron chi connectivity index (χ3n) is 1.69. The molecule has 6 nitrogen and oxygen atoms in total. The number of carbonyl (C=O) groups excluding carboxylic acids is 3. The van der Waals surface area contributed by atoms with E-state index in [2.05, 4.69) is 15.4 Å². The summed E-state index contributed by atoms with van der Waals surface area (Å²) >= 11 is 0. The number of esters is 1. The maximum atomic E-state index is 11.1. The van der Waals surface area contributed by atoms with E-state index in [9.17, 15) is 14.4 Å². The van der Waals surface area contributed by atoms with Crippen LogP contribution in [0.3, 0.4) is 0 Å². The molecule has 0 radical (unpaired) electrons.